The molecule has 16 heavy (non-hydrogen) atoms. The van der Waals surface area contributed by atoms with E-state index < -0.39 is 0 Å². The molecule has 3 heteroatoms. The number of benzene rings is 1. The van der Waals surface area contributed by atoms with Gasteiger partial charge in [-0.25, -0.2) is 4.39 Å². The van der Waals surface area contributed by atoms with Gasteiger partial charge >= 0.3 is 0 Å². The molecule has 0 bridgehead atoms. The lowest BCUT2D eigenvalue weighted by Crippen LogP contribution is -2.01. The van der Waals surface area contributed by atoms with Crippen LogP contribution in [0.4, 0.5) is 4.39 Å². The van der Waals surface area contributed by atoms with Crippen LogP contribution in [0, 0.1) is 11.7 Å². The average Bonchev–Trinajstić information content (AvgIpc) is 3.06. The first-order valence-electron chi connectivity index (χ1n) is 5.75. The summed E-state index contributed by atoms with van der Waals surface area (Å²) in [4.78, 5) is 0. The van der Waals surface area contributed by atoms with Gasteiger partial charge in [0, 0.05) is 10.4 Å². The van der Waals surface area contributed by atoms with E-state index in [0.29, 0.717) is 10.4 Å². The van der Waals surface area contributed by atoms with E-state index in [2.05, 4.69) is 0 Å². The Balaban J connectivity index is 1.81. The second kappa shape index (κ2) is 5.37. The van der Waals surface area contributed by atoms with Gasteiger partial charge in [-0.05, 0) is 61.8 Å². The highest BCUT2D eigenvalue weighted by atomic mass is 35.5. The smallest absolute Gasteiger partial charge is 0.123 e. The summed E-state index contributed by atoms with van der Waals surface area (Å²) in [7, 11) is 0. The fourth-order valence-corrected chi connectivity index (χ4v) is 2.53. The number of rotatable bonds is 5. The fourth-order valence-electron chi connectivity index (χ4n) is 1.92. The number of hydrogen-bond acceptors (Lipinski definition) is 0. The Morgan fingerprint density at radius 1 is 1.38 bits per heavy atom. The normalized spacial score (nSPS) is 17.4. The van der Waals surface area contributed by atoms with Crippen LogP contribution in [0.25, 0.3) is 0 Å². The van der Waals surface area contributed by atoms with Gasteiger partial charge in [-0.2, -0.15) is 0 Å². The van der Waals surface area contributed by atoms with Crippen molar-refractivity contribution in [2.45, 2.75) is 37.5 Å². The van der Waals surface area contributed by atoms with E-state index >= 15 is 0 Å². The zero-order valence-electron chi connectivity index (χ0n) is 9.06. The minimum atomic E-state index is -0.219. The molecule has 0 aromatic heterocycles. The highest BCUT2D eigenvalue weighted by Crippen LogP contribution is 2.37. The summed E-state index contributed by atoms with van der Waals surface area (Å²) >= 11 is 12.2. The molecule has 0 heterocycles. The molecule has 0 N–H and O–H groups in total. The van der Waals surface area contributed by atoms with Crippen LogP contribution < -0.4 is 0 Å². The first-order valence-corrected chi connectivity index (χ1v) is 6.56. The first kappa shape index (κ1) is 12.2. The second-order valence-electron chi connectivity index (χ2n) is 4.48. The van der Waals surface area contributed by atoms with Crippen LogP contribution in [0.2, 0.25) is 5.02 Å². The molecule has 0 spiro atoms. The van der Waals surface area contributed by atoms with Crippen molar-refractivity contribution in [3.63, 3.8) is 0 Å². The zero-order chi connectivity index (χ0) is 11.5. The number of alkyl halides is 1. The van der Waals surface area contributed by atoms with Crippen molar-refractivity contribution in [3.05, 3.63) is 34.6 Å². The Hall–Kier alpha value is -0.270. The van der Waals surface area contributed by atoms with E-state index in [9.17, 15) is 4.39 Å². The lowest BCUT2D eigenvalue weighted by atomic mass is 10.1. The van der Waals surface area contributed by atoms with Crippen LogP contribution in [0.3, 0.4) is 0 Å². The molecule has 88 valence electrons. The summed E-state index contributed by atoms with van der Waals surface area (Å²) in [5.74, 6) is 0.508. The number of aryl methyl sites for hydroxylation is 1. The predicted octanol–water partition coefficient (Wildman–Crippen LogP) is 4.82. The van der Waals surface area contributed by atoms with Crippen LogP contribution in [0.1, 0.15) is 31.2 Å². The summed E-state index contributed by atoms with van der Waals surface area (Å²) < 4.78 is 13.0. The van der Waals surface area contributed by atoms with Gasteiger partial charge in [0.05, 0.1) is 0 Å². The fraction of sp³-hybridized carbons (Fsp3) is 0.538. The SMILES string of the molecule is Fc1ccc(Cl)c(CCCC(Cl)C2CC2)c1. The molecule has 1 aromatic carbocycles. The molecule has 1 unspecified atom stereocenters. The van der Waals surface area contributed by atoms with E-state index in [1.807, 2.05) is 0 Å². The third kappa shape index (κ3) is 3.36. The molecule has 1 fully saturated rings. The van der Waals surface area contributed by atoms with E-state index in [-0.39, 0.29) is 5.82 Å². The van der Waals surface area contributed by atoms with Gasteiger partial charge in [0.2, 0.25) is 0 Å². The largest absolute Gasteiger partial charge is 0.207 e. The van der Waals surface area contributed by atoms with E-state index in [4.69, 9.17) is 23.2 Å². The van der Waals surface area contributed by atoms with Gasteiger partial charge in [0.25, 0.3) is 0 Å². The van der Waals surface area contributed by atoms with E-state index in [1.165, 1.54) is 25.0 Å². The maximum Gasteiger partial charge on any atom is 0.123 e. The Morgan fingerprint density at radius 2 is 2.12 bits per heavy atom. The Bertz CT molecular complexity index is 361. The van der Waals surface area contributed by atoms with E-state index in [0.717, 1.165) is 30.7 Å². The van der Waals surface area contributed by atoms with Crippen LogP contribution in [0.5, 0.6) is 0 Å². The highest BCUT2D eigenvalue weighted by Gasteiger charge is 2.28. The summed E-state index contributed by atoms with van der Waals surface area (Å²) in [6, 6.07) is 4.52. The molecule has 1 saturated carbocycles. The van der Waals surface area contributed by atoms with Crippen LogP contribution in [-0.2, 0) is 6.42 Å². The van der Waals surface area contributed by atoms with Gasteiger partial charge in [-0.3, -0.25) is 0 Å². The van der Waals surface area contributed by atoms with Crippen molar-refractivity contribution >= 4 is 23.2 Å². The standard InChI is InChI=1S/C13H15Cl2F/c14-12(9-4-5-9)3-1-2-10-8-11(16)6-7-13(10)15/h6-9,12H,1-5H2. The van der Waals surface area contributed by atoms with Crippen molar-refractivity contribution in [3.8, 4) is 0 Å². The van der Waals surface area contributed by atoms with Crippen molar-refractivity contribution in [2.24, 2.45) is 5.92 Å². The number of hydrogen-bond donors (Lipinski definition) is 0. The summed E-state index contributed by atoms with van der Waals surface area (Å²) in [6.45, 7) is 0. The summed E-state index contributed by atoms with van der Waals surface area (Å²) in [5, 5.41) is 0.950. The maximum atomic E-state index is 13.0. The Labute approximate surface area is 106 Å². The van der Waals surface area contributed by atoms with Crippen molar-refractivity contribution in [1.29, 1.82) is 0 Å². The molecule has 2 rings (SSSR count). The minimum absolute atomic E-state index is 0.219. The van der Waals surface area contributed by atoms with Crippen molar-refractivity contribution in [2.75, 3.05) is 0 Å². The van der Waals surface area contributed by atoms with Crippen LogP contribution >= 0.6 is 23.2 Å². The molecule has 1 aliphatic rings. The third-order valence-electron chi connectivity index (χ3n) is 3.07. The van der Waals surface area contributed by atoms with Gasteiger partial charge in [0.1, 0.15) is 5.82 Å². The van der Waals surface area contributed by atoms with Gasteiger partial charge in [0.15, 0.2) is 0 Å². The summed E-state index contributed by atoms with van der Waals surface area (Å²) in [5.41, 5.74) is 0.890. The Kier molecular flexibility index (Phi) is 4.10. The third-order valence-corrected chi connectivity index (χ3v) is 4.01. The van der Waals surface area contributed by atoms with Gasteiger partial charge in [-0.1, -0.05) is 11.6 Å². The molecule has 1 atom stereocenters. The molecule has 0 aliphatic heterocycles. The molecule has 0 radical (unpaired) electrons. The zero-order valence-corrected chi connectivity index (χ0v) is 10.6. The van der Waals surface area contributed by atoms with Crippen molar-refractivity contribution in [1.82, 2.24) is 0 Å². The molecular formula is C13H15Cl2F. The molecule has 0 saturated heterocycles. The predicted molar refractivity (Wildman–Crippen MR) is 66.7 cm³/mol. The molecule has 0 amide bonds. The lowest BCUT2D eigenvalue weighted by molar-refractivity contribution is 0.617. The van der Waals surface area contributed by atoms with Gasteiger partial charge in [-0.15, -0.1) is 11.6 Å². The van der Waals surface area contributed by atoms with Crippen molar-refractivity contribution < 1.29 is 4.39 Å². The molecular weight excluding hydrogens is 246 g/mol. The average molecular weight is 261 g/mol. The topological polar surface area (TPSA) is 0 Å². The second-order valence-corrected chi connectivity index (χ2v) is 5.45. The lowest BCUT2D eigenvalue weighted by Gasteiger charge is -2.08. The maximum absolute atomic E-state index is 13.0. The minimum Gasteiger partial charge on any atom is -0.207 e. The monoisotopic (exact) mass is 260 g/mol. The van der Waals surface area contributed by atoms with Crippen LogP contribution in [-0.4, -0.2) is 5.38 Å². The molecule has 1 aromatic rings. The first-order chi connectivity index (χ1) is 7.66. The summed E-state index contributed by atoms with van der Waals surface area (Å²) in [6.07, 6.45) is 5.34. The van der Waals surface area contributed by atoms with Gasteiger partial charge < -0.3 is 0 Å². The molecule has 1 aliphatic carbocycles. The quantitative estimate of drug-likeness (QED) is 0.666. The number of halogens is 3. The highest BCUT2D eigenvalue weighted by molar-refractivity contribution is 6.31. The van der Waals surface area contributed by atoms with E-state index in [1.54, 1.807) is 6.07 Å². The molecule has 0 nitrogen and oxygen atoms in total. The van der Waals surface area contributed by atoms with Crippen LogP contribution in [0.15, 0.2) is 18.2 Å². The Morgan fingerprint density at radius 3 is 2.81 bits per heavy atom.